The molecule has 0 aromatic heterocycles. The summed E-state index contributed by atoms with van der Waals surface area (Å²) in [5.74, 6) is 1.81. The van der Waals surface area contributed by atoms with E-state index >= 15 is 0 Å². The van der Waals surface area contributed by atoms with Gasteiger partial charge in [0.25, 0.3) is 0 Å². The number of halogens is 1. The lowest BCUT2D eigenvalue weighted by Gasteiger charge is -2.41. The third kappa shape index (κ3) is 8.84. The number of aliphatic hydroxyl groups is 3. The first-order chi connectivity index (χ1) is 22.2. The number of hydrogen-bond acceptors (Lipinski definition) is 9. The fraction of sp³-hybridized carbons (Fsp3) is 0.529. The number of benzene rings is 2. The molecule has 0 heterocycles. The van der Waals surface area contributed by atoms with Gasteiger partial charge in [0.15, 0.2) is 11.5 Å². The van der Waals surface area contributed by atoms with E-state index in [1.807, 2.05) is 18.2 Å². The largest absolute Gasteiger partial charge is 0.497 e. The maximum atomic E-state index is 14.1. The van der Waals surface area contributed by atoms with Crippen molar-refractivity contribution in [3.63, 3.8) is 0 Å². The number of nitrogens with one attached hydrogen (secondary N) is 1. The first-order valence-electron chi connectivity index (χ1n) is 15.6. The molecule has 2 aromatic rings. The number of aliphatic hydroxyl groups excluding tert-OH is 3. The minimum Gasteiger partial charge on any atom is -0.497 e. The number of methoxy groups -OCH3 is 3. The van der Waals surface area contributed by atoms with Crippen molar-refractivity contribution in [2.24, 2.45) is 5.92 Å². The van der Waals surface area contributed by atoms with Gasteiger partial charge in [0, 0.05) is 31.5 Å². The molecule has 2 aliphatic carbocycles. The van der Waals surface area contributed by atoms with Crippen LogP contribution < -0.4 is 24.3 Å². The van der Waals surface area contributed by atoms with Gasteiger partial charge in [-0.05, 0) is 95.3 Å². The van der Waals surface area contributed by atoms with E-state index in [0.29, 0.717) is 50.5 Å². The minimum absolute atomic E-state index is 0.0588. The lowest BCUT2D eigenvalue weighted by Crippen LogP contribution is -2.55. The van der Waals surface area contributed by atoms with Gasteiger partial charge in [0.05, 0.1) is 44.2 Å². The Hall–Kier alpha value is -3.07. The number of rotatable bonds is 15. The van der Waals surface area contributed by atoms with Crippen molar-refractivity contribution in [1.29, 1.82) is 0 Å². The third-order valence-electron chi connectivity index (χ3n) is 8.71. The summed E-state index contributed by atoms with van der Waals surface area (Å²) in [6, 6.07) is 8.13. The van der Waals surface area contributed by atoms with Crippen LogP contribution in [0.25, 0.3) is 0 Å². The number of carbonyl (C=O) groups excluding carboxylic acids is 2. The Morgan fingerprint density at radius 2 is 1.76 bits per heavy atom. The van der Waals surface area contributed by atoms with Crippen LogP contribution in [-0.2, 0) is 22.6 Å². The van der Waals surface area contributed by atoms with E-state index in [1.165, 1.54) is 7.11 Å². The molecular weight excluding hydrogens is 707 g/mol. The van der Waals surface area contributed by atoms with Crippen molar-refractivity contribution in [3.05, 3.63) is 56.7 Å². The molecule has 0 radical (unpaired) electrons. The van der Waals surface area contributed by atoms with Crippen LogP contribution >= 0.6 is 22.6 Å². The monoisotopic (exact) mass is 752 g/mol. The van der Waals surface area contributed by atoms with E-state index in [2.05, 4.69) is 27.9 Å². The van der Waals surface area contributed by atoms with Crippen molar-refractivity contribution in [2.75, 3.05) is 41.0 Å². The van der Waals surface area contributed by atoms with E-state index < -0.39 is 24.2 Å². The van der Waals surface area contributed by atoms with Gasteiger partial charge in [-0.15, -0.1) is 0 Å². The fourth-order valence-electron chi connectivity index (χ4n) is 6.27. The molecule has 2 aromatic carbocycles. The second kappa shape index (κ2) is 17.2. The summed E-state index contributed by atoms with van der Waals surface area (Å²) in [5, 5.41) is 33.6. The molecular formula is C34H45IN2O9. The Balaban J connectivity index is 1.71. The van der Waals surface area contributed by atoms with E-state index in [9.17, 15) is 24.9 Å². The van der Waals surface area contributed by atoms with Crippen LogP contribution in [0.1, 0.15) is 49.7 Å². The molecule has 0 aliphatic heterocycles. The van der Waals surface area contributed by atoms with Crippen molar-refractivity contribution in [2.45, 2.75) is 69.8 Å². The predicted octanol–water partition coefficient (Wildman–Crippen LogP) is 3.38. The summed E-state index contributed by atoms with van der Waals surface area (Å²) in [7, 11) is 4.66. The molecule has 0 spiro atoms. The van der Waals surface area contributed by atoms with E-state index in [1.54, 1.807) is 37.3 Å². The highest BCUT2D eigenvalue weighted by atomic mass is 127. The fourth-order valence-corrected chi connectivity index (χ4v) is 7.06. The van der Waals surface area contributed by atoms with Gasteiger partial charge in [0.1, 0.15) is 23.7 Å². The zero-order chi connectivity index (χ0) is 33.2. The molecule has 2 aliphatic rings. The Morgan fingerprint density at radius 3 is 2.41 bits per heavy atom. The van der Waals surface area contributed by atoms with E-state index in [0.717, 1.165) is 31.2 Å². The SMILES string of the molecule is COc1ccc(OC)c(CCN(C(=O)CC2CCCC2)C2CC(C(=O)NCCO)=CC(Oc3c(I)cc(CO)cc3OC)C2O)c1. The molecule has 1 saturated carbocycles. The standard InChI is InChI=1S/C34H45IN2O9/c1-43-25-8-9-28(44-2)23(17-25)10-12-37(31(40)16-21-6-4-5-7-21)27-18-24(34(42)36-11-13-38)19-29(32(27)41)46-33-26(35)14-22(20-39)15-30(33)45-3/h8-9,14-15,17,19,21,27,29,32,38-39,41H,4-7,10-13,16,18,20H2,1-3H3,(H,36,42). The average Bonchev–Trinajstić information content (AvgIpc) is 3.58. The second-order valence-corrected chi connectivity index (χ2v) is 12.8. The van der Waals surface area contributed by atoms with Crippen molar-refractivity contribution in [3.8, 4) is 23.0 Å². The first kappa shape index (κ1) is 35.8. The van der Waals surface area contributed by atoms with Crippen LogP contribution in [0.2, 0.25) is 0 Å². The van der Waals surface area contributed by atoms with Gasteiger partial charge in [0.2, 0.25) is 11.8 Å². The predicted molar refractivity (Wildman–Crippen MR) is 180 cm³/mol. The Labute approximate surface area is 284 Å². The molecule has 252 valence electrons. The highest BCUT2D eigenvalue weighted by Crippen LogP contribution is 2.38. The molecule has 0 saturated heterocycles. The molecule has 4 rings (SSSR count). The molecule has 46 heavy (non-hydrogen) atoms. The summed E-state index contributed by atoms with van der Waals surface area (Å²) in [6.45, 7) is -0.0949. The number of carbonyl (C=O) groups is 2. The molecule has 1 fully saturated rings. The summed E-state index contributed by atoms with van der Waals surface area (Å²) in [4.78, 5) is 29.1. The van der Waals surface area contributed by atoms with Crippen LogP contribution in [0.4, 0.5) is 0 Å². The topological polar surface area (TPSA) is 147 Å². The van der Waals surface area contributed by atoms with E-state index in [4.69, 9.17) is 18.9 Å². The molecule has 11 nitrogen and oxygen atoms in total. The van der Waals surface area contributed by atoms with Gasteiger partial charge in [-0.3, -0.25) is 9.59 Å². The molecule has 3 unspecified atom stereocenters. The number of nitrogens with zero attached hydrogens (tertiary/aromatic N) is 1. The van der Waals surface area contributed by atoms with Crippen molar-refractivity contribution >= 4 is 34.4 Å². The number of amides is 2. The summed E-state index contributed by atoms with van der Waals surface area (Å²) < 4.78 is 23.6. The maximum absolute atomic E-state index is 14.1. The first-order valence-corrected chi connectivity index (χ1v) is 16.7. The highest BCUT2D eigenvalue weighted by molar-refractivity contribution is 14.1. The van der Waals surface area contributed by atoms with Gasteiger partial charge >= 0.3 is 0 Å². The van der Waals surface area contributed by atoms with Crippen LogP contribution in [0, 0.1) is 9.49 Å². The summed E-state index contributed by atoms with van der Waals surface area (Å²) in [5.41, 5.74) is 1.82. The highest BCUT2D eigenvalue weighted by Gasteiger charge is 2.41. The van der Waals surface area contributed by atoms with E-state index in [-0.39, 0.29) is 44.5 Å². The Morgan fingerprint density at radius 1 is 1.02 bits per heavy atom. The molecule has 3 atom stereocenters. The number of ether oxygens (including phenoxy) is 4. The normalized spacial score (nSPS) is 19.7. The zero-order valence-electron chi connectivity index (χ0n) is 26.7. The van der Waals surface area contributed by atoms with Crippen LogP contribution in [0.3, 0.4) is 0 Å². The van der Waals surface area contributed by atoms with Gasteiger partial charge in [-0.25, -0.2) is 0 Å². The molecule has 12 heteroatoms. The Kier molecular flexibility index (Phi) is 13.4. The third-order valence-corrected chi connectivity index (χ3v) is 9.51. The smallest absolute Gasteiger partial charge is 0.247 e. The van der Waals surface area contributed by atoms with Gasteiger partial charge < -0.3 is 44.5 Å². The Bertz CT molecular complexity index is 1380. The van der Waals surface area contributed by atoms with Crippen LogP contribution in [0.15, 0.2) is 42.0 Å². The molecule has 2 amide bonds. The summed E-state index contributed by atoms with van der Waals surface area (Å²) >= 11 is 2.08. The van der Waals surface area contributed by atoms with Gasteiger partial charge in [-0.2, -0.15) is 0 Å². The zero-order valence-corrected chi connectivity index (χ0v) is 28.8. The average molecular weight is 753 g/mol. The molecule has 0 bridgehead atoms. The van der Waals surface area contributed by atoms with Crippen LogP contribution in [0.5, 0.6) is 23.0 Å². The van der Waals surface area contributed by atoms with Crippen LogP contribution in [-0.4, -0.2) is 91.3 Å². The summed E-state index contributed by atoms with van der Waals surface area (Å²) in [6.07, 6.45) is 4.41. The number of hydrogen-bond donors (Lipinski definition) is 4. The quantitative estimate of drug-likeness (QED) is 0.201. The second-order valence-electron chi connectivity index (χ2n) is 11.7. The lowest BCUT2D eigenvalue weighted by atomic mass is 9.87. The maximum Gasteiger partial charge on any atom is 0.247 e. The minimum atomic E-state index is -1.19. The molecule has 4 N–H and O–H groups in total. The van der Waals surface area contributed by atoms with Gasteiger partial charge in [-0.1, -0.05) is 12.8 Å². The van der Waals surface area contributed by atoms with Crippen molar-refractivity contribution < 1.29 is 43.9 Å². The van der Waals surface area contributed by atoms with Crippen molar-refractivity contribution in [1.82, 2.24) is 10.2 Å². The lowest BCUT2D eigenvalue weighted by molar-refractivity contribution is -0.139.